The minimum absolute atomic E-state index is 0. The summed E-state index contributed by atoms with van der Waals surface area (Å²) < 4.78 is 13.1. The molecule has 1 heterocycles. The van der Waals surface area contributed by atoms with Gasteiger partial charge < -0.3 is 10.6 Å². The molecule has 17 heavy (non-hydrogen) atoms. The maximum absolute atomic E-state index is 13.1. The van der Waals surface area contributed by atoms with Crippen molar-refractivity contribution in [2.75, 3.05) is 13.1 Å². The number of carbonyl (C=O) groups is 1. The number of hydrogen-bond donors (Lipinski definition) is 1. The van der Waals surface area contributed by atoms with Gasteiger partial charge in [0.2, 0.25) is 0 Å². The fraction of sp³-hybridized carbons (Fsp3) is 0.417. The SMILES string of the molecule is Cc1cc(C(=O)N2CCC(N)C2)ccc1F.Cl. The summed E-state index contributed by atoms with van der Waals surface area (Å²) in [6.45, 7) is 2.94. The van der Waals surface area contributed by atoms with Crippen LogP contribution in [0.1, 0.15) is 22.3 Å². The average molecular weight is 259 g/mol. The molecule has 0 aromatic heterocycles. The second-order valence-electron chi connectivity index (χ2n) is 4.26. The zero-order valence-corrected chi connectivity index (χ0v) is 10.5. The zero-order chi connectivity index (χ0) is 11.7. The van der Waals surface area contributed by atoms with Crippen LogP contribution in [0.5, 0.6) is 0 Å². The van der Waals surface area contributed by atoms with E-state index in [0.29, 0.717) is 24.2 Å². The molecule has 2 N–H and O–H groups in total. The van der Waals surface area contributed by atoms with Gasteiger partial charge in [0.1, 0.15) is 5.82 Å². The summed E-state index contributed by atoms with van der Waals surface area (Å²) in [5, 5.41) is 0. The number of likely N-dealkylation sites (tertiary alicyclic amines) is 1. The third kappa shape index (κ3) is 2.96. The topological polar surface area (TPSA) is 46.3 Å². The lowest BCUT2D eigenvalue weighted by Gasteiger charge is -2.16. The molecule has 1 atom stereocenters. The van der Waals surface area contributed by atoms with E-state index >= 15 is 0 Å². The number of nitrogens with two attached hydrogens (primary N) is 1. The normalized spacial score (nSPS) is 19.0. The van der Waals surface area contributed by atoms with E-state index in [9.17, 15) is 9.18 Å². The van der Waals surface area contributed by atoms with E-state index in [-0.39, 0.29) is 30.2 Å². The first-order chi connectivity index (χ1) is 7.58. The molecule has 0 bridgehead atoms. The van der Waals surface area contributed by atoms with E-state index < -0.39 is 0 Å². The van der Waals surface area contributed by atoms with Crippen molar-refractivity contribution < 1.29 is 9.18 Å². The maximum Gasteiger partial charge on any atom is 0.253 e. The summed E-state index contributed by atoms with van der Waals surface area (Å²) in [5.74, 6) is -0.342. The van der Waals surface area contributed by atoms with E-state index in [0.717, 1.165) is 6.42 Å². The maximum atomic E-state index is 13.1. The molecule has 1 saturated heterocycles. The lowest BCUT2D eigenvalue weighted by molar-refractivity contribution is 0.0790. The number of carbonyl (C=O) groups excluding carboxylic acids is 1. The van der Waals surface area contributed by atoms with Crippen molar-refractivity contribution in [3.8, 4) is 0 Å². The number of nitrogens with zero attached hydrogens (tertiary/aromatic N) is 1. The first-order valence-electron chi connectivity index (χ1n) is 5.39. The van der Waals surface area contributed by atoms with E-state index in [4.69, 9.17) is 5.73 Å². The third-order valence-corrected chi connectivity index (χ3v) is 2.92. The molecule has 5 heteroatoms. The van der Waals surface area contributed by atoms with Gasteiger partial charge in [0.15, 0.2) is 0 Å². The van der Waals surface area contributed by atoms with Gasteiger partial charge in [0.05, 0.1) is 0 Å². The van der Waals surface area contributed by atoms with Crippen LogP contribution in [0, 0.1) is 12.7 Å². The fourth-order valence-electron chi connectivity index (χ4n) is 1.93. The Morgan fingerprint density at radius 1 is 1.53 bits per heavy atom. The lowest BCUT2D eigenvalue weighted by atomic mass is 10.1. The van der Waals surface area contributed by atoms with Crippen LogP contribution in [0.2, 0.25) is 0 Å². The highest BCUT2D eigenvalue weighted by molar-refractivity contribution is 5.94. The second kappa shape index (κ2) is 5.47. The van der Waals surface area contributed by atoms with Gasteiger partial charge in [-0.05, 0) is 37.1 Å². The molecule has 0 spiro atoms. The van der Waals surface area contributed by atoms with Crippen LogP contribution >= 0.6 is 12.4 Å². The van der Waals surface area contributed by atoms with Gasteiger partial charge in [-0.25, -0.2) is 4.39 Å². The van der Waals surface area contributed by atoms with Crippen molar-refractivity contribution in [1.29, 1.82) is 0 Å². The second-order valence-corrected chi connectivity index (χ2v) is 4.26. The number of halogens is 2. The smallest absolute Gasteiger partial charge is 0.253 e. The molecule has 1 aromatic carbocycles. The molecule has 94 valence electrons. The Morgan fingerprint density at radius 2 is 2.24 bits per heavy atom. The summed E-state index contributed by atoms with van der Waals surface area (Å²) in [7, 11) is 0. The van der Waals surface area contributed by atoms with E-state index in [2.05, 4.69) is 0 Å². The van der Waals surface area contributed by atoms with E-state index in [1.54, 1.807) is 17.9 Å². The van der Waals surface area contributed by atoms with Gasteiger partial charge >= 0.3 is 0 Å². The van der Waals surface area contributed by atoms with Crippen LogP contribution in [-0.2, 0) is 0 Å². The Morgan fingerprint density at radius 3 is 2.76 bits per heavy atom. The zero-order valence-electron chi connectivity index (χ0n) is 9.65. The van der Waals surface area contributed by atoms with Crippen molar-refractivity contribution >= 4 is 18.3 Å². The molecule has 1 aliphatic rings. The number of aryl methyl sites for hydroxylation is 1. The third-order valence-electron chi connectivity index (χ3n) is 2.92. The Kier molecular flexibility index (Phi) is 4.48. The molecule has 3 nitrogen and oxygen atoms in total. The van der Waals surface area contributed by atoms with Crippen LogP contribution < -0.4 is 5.73 Å². The van der Waals surface area contributed by atoms with Gasteiger partial charge in [-0.15, -0.1) is 12.4 Å². The predicted molar refractivity (Wildman–Crippen MR) is 66.9 cm³/mol. The summed E-state index contributed by atoms with van der Waals surface area (Å²) >= 11 is 0. The number of benzene rings is 1. The molecular weight excluding hydrogens is 243 g/mol. The van der Waals surface area contributed by atoms with Gasteiger partial charge in [0, 0.05) is 24.7 Å². The Balaban J connectivity index is 0.00000144. The molecule has 1 unspecified atom stereocenters. The molecule has 1 aliphatic heterocycles. The molecular formula is C12H16ClFN2O. The van der Waals surface area contributed by atoms with Crippen molar-refractivity contribution in [3.63, 3.8) is 0 Å². The Hall–Kier alpha value is -1.13. The van der Waals surface area contributed by atoms with E-state index in [1.807, 2.05) is 0 Å². The first kappa shape index (κ1) is 13.9. The minimum Gasteiger partial charge on any atom is -0.337 e. The van der Waals surface area contributed by atoms with Crippen molar-refractivity contribution in [3.05, 3.63) is 35.1 Å². The summed E-state index contributed by atoms with van der Waals surface area (Å²) in [6.07, 6.45) is 0.839. The number of amides is 1. The first-order valence-corrected chi connectivity index (χ1v) is 5.39. The highest BCUT2D eigenvalue weighted by Gasteiger charge is 2.24. The molecule has 0 radical (unpaired) electrons. The van der Waals surface area contributed by atoms with Gasteiger partial charge in [-0.3, -0.25) is 4.79 Å². The Bertz CT molecular complexity index is 425. The van der Waals surface area contributed by atoms with Crippen LogP contribution in [0.25, 0.3) is 0 Å². The summed E-state index contributed by atoms with van der Waals surface area (Å²) in [6, 6.07) is 4.51. The molecule has 1 amide bonds. The van der Waals surface area contributed by atoms with Gasteiger partial charge in [0.25, 0.3) is 5.91 Å². The predicted octanol–water partition coefficient (Wildman–Crippen LogP) is 1.73. The lowest BCUT2D eigenvalue weighted by Crippen LogP contribution is -2.31. The van der Waals surface area contributed by atoms with Crippen LogP contribution in [0.15, 0.2) is 18.2 Å². The number of rotatable bonds is 1. The van der Waals surface area contributed by atoms with Gasteiger partial charge in [-0.2, -0.15) is 0 Å². The van der Waals surface area contributed by atoms with Crippen LogP contribution in [0.3, 0.4) is 0 Å². The van der Waals surface area contributed by atoms with Crippen molar-refractivity contribution in [2.45, 2.75) is 19.4 Å². The largest absolute Gasteiger partial charge is 0.337 e. The molecule has 0 aliphatic carbocycles. The quantitative estimate of drug-likeness (QED) is 0.834. The minimum atomic E-state index is -0.283. The van der Waals surface area contributed by atoms with Gasteiger partial charge in [-0.1, -0.05) is 0 Å². The molecule has 2 rings (SSSR count). The standard InChI is InChI=1S/C12H15FN2O.ClH/c1-8-6-9(2-3-11(8)13)12(16)15-5-4-10(14)7-15;/h2-3,6,10H,4-5,7,14H2,1H3;1H. The highest BCUT2D eigenvalue weighted by Crippen LogP contribution is 2.15. The average Bonchev–Trinajstić information content (AvgIpc) is 2.68. The Labute approximate surface area is 106 Å². The molecule has 1 aromatic rings. The number of hydrogen-bond acceptors (Lipinski definition) is 2. The summed E-state index contributed by atoms with van der Waals surface area (Å²) in [5.41, 5.74) is 6.77. The molecule has 0 saturated carbocycles. The van der Waals surface area contributed by atoms with Crippen molar-refractivity contribution in [2.24, 2.45) is 5.73 Å². The summed E-state index contributed by atoms with van der Waals surface area (Å²) in [4.78, 5) is 13.7. The monoisotopic (exact) mass is 258 g/mol. The van der Waals surface area contributed by atoms with Crippen LogP contribution in [0.4, 0.5) is 4.39 Å². The van der Waals surface area contributed by atoms with Crippen molar-refractivity contribution in [1.82, 2.24) is 4.90 Å². The molecule has 1 fully saturated rings. The van der Waals surface area contributed by atoms with E-state index in [1.165, 1.54) is 12.1 Å². The van der Waals surface area contributed by atoms with Crippen LogP contribution in [-0.4, -0.2) is 29.9 Å². The highest BCUT2D eigenvalue weighted by atomic mass is 35.5. The fourth-order valence-corrected chi connectivity index (χ4v) is 1.93.